The van der Waals surface area contributed by atoms with E-state index < -0.39 is 20.8 Å². The van der Waals surface area contributed by atoms with Gasteiger partial charge < -0.3 is 0 Å². The van der Waals surface area contributed by atoms with E-state index in [-0.39, 0.29) is 0 Å². The van der Waals surface area contributed by atoms with Crippen molar-refractivity contribution in [3.05, 3.63) is 95.1 Å². The van der Waals surface area contributed by atoms with Crippen molar-refractivity contribution in [1.82, 2.24) is 0 Å². The standard InChI is InChI=1S/2C18H23.C2H6Si.2ClH.Zr/c2*1-4-5-6-7-9-15-10-8-11-16-12-17(14(2)3)13-18(15)16;1-3-2;;;/h2*7-14H,4-6H2,1-3H3;1-2H3;2*1H;/q2*-1;;;;+4/p-2. The van der Waals surface area contributed by atoms with Crippen LogP contribution in [0.1, 0.15) is 114 Å². The van der Waals surface area contributed by atoms with Crippen molar-refractivity contribution in [2.75, 3.05) is 0 Å². The molecule has 0 aliphatic heterocycles. The molecule has 4 rings (SSSR count). The number of rotatable bonds is 10. The van der Waals surface area contributed by atoms with Crippen LogP contribution in [0.3, 0.4) is 0 Å². The van der Waals surface area contributed by atoms with Crippen LogP contribution in [-0.2, 0) is 20.8 Å². The molecule has 0 aliphatic carbocycles. The average Bonchev–Trinajstić information content (AvgIpc) is 3.61. The molecule has 42 heavy (non-hydrogen) atoms. The molecule has 0 saturated carbocycles. The topological polar surface area (TPSA) is 0 Å². The summed E-state index contributed by atoms with van der Waals surface area (Å²) in [5.41, 5.74) is 5.60. The number of unbranched alkanes of at least 4 members (excludes halogenated alkanes) is 4. The molecule has 0 N–H and O–H groups in total. The van der Waals surface area contributed by atoms with Crippen LogP contribution in [0, 0.1) is 0 Å². The second-order valence-corrected chi connectivity index (χ2v) is 16.0. The van der Waals surface area contributed by atoms with Gasteiger partial charge in [0.25, 0.3) is 0 Å². The molecule has 0 amide bonds. The SMILES string of the molecule is CCCCC=Cc1cccc2[cH-]c(C(C)C)cc12.CCCCC=Cc1cccc2[cH-]c(C(C)C)cc12.C[Si]C.[Cl][Zr+2][Cl]. The molecule has 4 heteroatoms. The van der Waals surface area contributed by atoms with Crippen molar-refractivity contribution in [2.45, 2.75) is 105 Å². The maximum atomic E-state index is 4.93. The minimum absolute atomic E-state index is 0.606. The molecule has 0 heterocycles. The molecule has 4 aromatic carbocycles. The van der Waals surface area contributed by atoms with Crippen LogP contribution in [0.4, 0.5) is 0 Å². The fourth-order valence-electron chi connectivity index (χ4n) is 4.59. The van der Waals surface area contributed by atoms with Crippen LogP contribution in [-0.4, -0.2) is 9.52 Å². The number of halogens is 2. The summed E-state index contributed by atoms with van der Waals surface area (Å²) in [4.78, 5) is 0. The van der Waals surface area contributed by atoms with E-state index in [1.165, 1.54) is 82.3 Å². The van der Waals surface area contributed by atoms with Crippen molar-refractivity contribution >= 4 is 60.2 Å². The predicted molar refractivity (Wildman–Crippen MR) is 194 cm³/mol. The molecule has 0 fully saturated rings. The Labute approximate surface area is 279 Å². The van der Waals surface area contributed by atoms with Gasteiger partial charge in [-0.05, 0) is 24.7 Å². The summed E-state index contributed by atoms with van der Waals surface area (Å²) in [6.07, 6.45) is 16.6. The number of benzene rings is 2. The van der Waals surface area contributed by atoms with Gasteiger partial charge >= 0.3 is 37.9 Å². The number of allylic oxidation sites excluding steroid dienone is 2. The van der Waals surface area contributed by atoms with Gasteiger partial charge in [0.1, 0.15) is 0 Å². The van der Waals surface area contributed by atoms with Gasteiger partial charge in [0.05, 0.1) is 0 Å². The Hall–Kier alpha value is -1.18. The van der Waals surface area contributed by atoms with Gasteiger partial charge in [-0.2, -0.15) is 12.1 Å². The number of hydrogen-bond acceptors (Lipinski definition) is 0. The Morgan fingerprint density at radius 2 is 1.07 bits per heavy atom. The van der Waals surface area contributed by atoms with Gasteiger partial charge in [0, 0.05) is 9.52 Å². The van der Waals surface area contributed by atoms with Crippen LogP contribution in [0.15, 0.2) is 72.8 Å². The second-order valence-electron chi connectivity index (χ2n) is 11.2. The molecule has 0 spiro atoms. The van der Waals surface area contributed by atoms with Crippen LogP contribution < -0.4 is 0 Å². The Morgan fingerprint density at radius 3 is 1.38 bits per heavy atom. The van der Waals surface area contributed by atoms with E-state index in [1.54, 1.807) is 0 Å². The van der Waals surface area contributed by atoms with Crippen molar-refractivity contribution in [2.24, 2.45) is 0 Å². The quantitative estimate of drug-likeness (QED) is 0.0879. The van der Waals surface area contributed by atoms with Crippen molar-refractivity contribution in [3.63, 3.8) is 0 Å². The van der Waals surface area contributed by atoms with Gasteiger partial charge in [0.2, 0.25) is 0 Å². The molecule has 0 saturated heterocycles. The summed E-state index contributed by atoms with van der Waals surface area (Å²) in [7, 11) is 11.0. The second kappa shape index (κ2) is 23.2. The van der Waals surface area contributed by atoms with Gasteiger partial charge in [-0.1, -0.05) is 128 Å². The van der Waals surface area contributed by atoms with E-state index in [0.29, 0.717) is 11.8 Å². The Kier molecular flexibility index (Phi) is 21.5. The molecule has 0 atom stereocenters. The predicted octanol–water partition coefficient (Wildman–Crippen LogP) is 13.9. The number of hydrogen-bond donors (Lipinski definition) is 0. The monoisotopic (exact) mass is 696 g/mol. The first-order valence-electron chi connectivity index (χ1n) is 15.5. The molecular formula is C38H52Cl2SiZr. The van der Waals surface area contributed by atoms with Crippen LogP contribution in [0.5, 0.6) is 0 Å². The molecule has 0 aliphatic rings. The van der Waals surface area contributed by atoms with Gasteiger partial charge in [-0.15, -0.1) is 69.1 Å². The summed E-state index contributed by atoms with van der Waals surface area (Å²) in [5, 5.41) is 5.54. The molecule has 226 valence electrons. The Balaban J connectivity index is 0.000000354. The Bertz CT molecular complexity index is 1210. The van der Waals surface area contributed by atoms with Crippen LogP contribution >= 0.6 is 17.0 Å². The van der Waals surface area contributed by atoms with Crippen LogP contribution in [0.2, 0.25) is 13.1 Å². The van der Waals surface area contributed by atoms with Crippen LogP contribution in [0.25, 0.3) is 33.7 Å². The summed E-state index contributed by atoms with van der Waals surface area (Å²) in [5.74, 6) is 1.21. The third kappa shape index (κ3) is 14.1. The summed E-state index contributed by atoms with van der Waals surface area (Å²) >= 11 is -0.826. The third-order valence-electron chi connectivity index (χ3n) is 6.99. The zero-order valence-electron chi connectivity index (χ0n) is 27.2. The Morgan fingerprint density at radius 1 is 0.714 bits per heavy atom. The summed E-state index contributed by atoms with van der Waals surface area (Å²) in [6, 6.07) is 22.5. The van der Waals surface area contributed by atoms with Gasteiger partial charge in [0.15, 0.2) is 0 Å². The normalized spacial score (nSPS) is 11.0. The van der Waals surface area contributed by atoms with E-state index in [9.17, 15) is 0 Å². The fraction of sp³-hybridized carbons (Fsp3) is 0.421. The first kappa shape index (κ1) is 38.8. The van der Waals surface area contributed by atoms with E-state index in [2.05, 4.69) is 140 Å². The molecule has 0 nitrogen and oxygen atoms in total. The molecular weight excluding hydrogens is 647 g/mol. The third-order valence-corrected chi connectivity index (χ3v) is 6.99. The van der Waals surface area contributed by atoms with E-state index in [4.69, 9.17) is 17.0 Å². The molecule has 0 aromatic heterocycles. The molecule has 4 aromatic rings. The molecule has 2 radical (unpaired) electrons. The maximum absolute atomic E-state index is 4.93. The first-order valence-corrected chi connectivity index (χ1v) is 23.9. The average molecular weight is 699 g/mol. The minimum atomic E-state index is -0.826. The summed E-state index contributed by atoms with van der Waals surface area (Å²) in [6.45, 7) is 17.8. The van der Waals surface area contributed by atoms with Crippen molar-refractivity contribution < 1.29 is 20.8 Å². The van der Waals surface area contributed by atoms with Gasteiger partial charge in [-0.25, -0.2) is 0 Å². The van der Waals surface area contributed by atoms with E-state index in [0.717, 1.165) is 9.52 Å². The first-order chi connectivity index (χ1) is 20.3. The molecule has 0 bridgehead atoms. The molecule has 0 unspecified atom stereocenters. The van der Waals surface area contributed by atoms with E-state index in [1.807, 2.05) is 0 Å². The zero-order valence-corrected chi connectivity index (χ0v) is 32.2. The summed E-state index contributed by atoms with van der Waals surface area (Å²) < 4.78 is 0. The zero-order chi connectivity index (χ0) is 31.3. The number of fused-ring (bicyclic) bond motifs is 2. The van der Waals surface area contributed by atoms with Gasteiger partial charge in [-0.3, -0.25) is 0 Å². The van der Waals surface area contributed by atoms with Crippen molar-refractivity contribution in [1.29, 1.82) is 0 Å². The van der Waals surface area contributed by atoms with E-state index >= 15 is 0 Å². The van der Waals surface area contributed by atoms with Crippen molar-refractivity contribution in [3.8, 4) is 0 Å². The fourth-order valence-corrected chi connectivity index (χ4v) is 4.59.